The first kappa shape index (κ1) is 19.9. The Kier molecular flexibility index (Phi) is 6.69. The van der Waals surface area contributed by atoms with E-state index in [-0.39, 0.29) is 0 Å². The SMILES string of the molecule is CCCCOc1ccc(C(=O)O/N=C2\CCCc3c2ccc(OC)c3C)cc1. The first-order chi connectivity index (χ1) is 13.6. The highest BCUT2D eigenvalue weighted by Gasteiger charge is 2.20. The van der Waals surface area contributed by atoms with Crippen molar-refractivity contribution in [3.8, 4) is 11.5 Å². The molecule has 0 heterocycles. The Morgan fingerprint density at radius 1 is 1.11 bits per heavy atom. The molecule has 0 saturated heterocycles. The molecule has 0 spiro atoms. The fraction of sp³-hybridized carbons (Fsp3) is 0.391. The Hall–Kier alpha value is -2.82. The van der Waals surface area contributed by atoms with E-state index in [4.69, 9.17) is 14.3 Å². The van der Waals surface area contributed by atoms with Crippen LogP contribution >= 0.6 is 0 Å². The summed E-state index contributed by atoms with van der Waals surface area (Å²) >= 11 is 0. The maximum absolute atomic E-state index is 12.3. The van der Waals surface area contributed by atoms with Crippen LogP contribution in [0.5, 0.6) is 11.5 Å². The molecule has 0 radical (unpaired) electrons. The molecule has 0 atom stereocenters. The number of unbranched alkanes of at least 4 members (excludes halogenated alkanes) is 1. The standard InChI is InChI=1S/C23H27NO4/c1-4-5-15-27-18-11-9-17(10-12-18)23(25)28-24-21-8-6-7-19-16(2)22(26-3)14-13-20(19)21/h9-14H,4-8,15H2,1-3H3/b24-21+. The molecular weight excluding hydrogens is 354 g/mol. The first-order valence-corrected chi connectivity index (χ1v) is 9.82. The number of carbonyl (C=O) groups excluding carboxylic acids is 1. The monoisotopic (exact) mass is 381 g/mol. The molecule has 2 aromatic carbocycles. The predicted octanol–water partition coefficient (Wildman–Crippen LogP) is 5.08. The zero-order valence-electron chi connectivity index (χ0n) is 16.8. The third-order valence-electron chi connectivity index (χ3n) is 5.02. The zero-order valence-corrected chi connectivity index (χ0v) is 16.8. The minimum absolute atomic E-state index is 0.453. The summed E-state index contributed by atoms with van der Waals surface area (Å²) in [7, 11) is 1.68. The number of ether oxygens (including phenoxy) is 2. The van der Waals surface area contributed by atoms with Crippen LogP contribution in [0.3, 0.4) is 0 Å². The fourth-order valence-corrected chi connectivity index (χ4v) is 3.38. The van der Waals surface area contributed by atoms with Crippen molar-refractivity contribution in [2.75, 3.05) is 13.7 Å². The van der Waals surface area contributed by atoms with Gasteiger partial charge in [-0.2, -0.15) is 0 Å². The molecule has 0 unspecified atom stereocenters. The van der Waals surface area contributed by atoms with Gasteiger partial charge in [-0.1, -0.05) is 18.5 Å². The van der Waals surface area contributed by atoms with Crippen LogP contribution in [0.4, 0.5) is 0 Å². The molecule has 0 saturated carbocycles. The Bertz CT molecular complexity index is 856. The summed E-state index contributed by atoms with van der Waals surface area (Å²) in [5.74, 6) is 1.16. The third kappa shape index (κ3) is 4.53. The highest BCUT2D eigenvalue weighted by Crippen LogP contribution is 2.30. The van der Waals surface area contributed by atoms with Crippen molar-refractivity contribution in [3.05, 3.63) is 58.7 Å². The second-order valence-corrected chi connectivity index (χ2v) is 6.92. The second kappa shape index (κ2) is 9.40. The Morgan fingerprint density at radius 2 is 1.89 bits per heavy atom. The van der Waals surface area contributed by atoms with Gasteiger partial charge in [0, 0.05) is 5.56 Å². The summed E-state index contributed by atoms with van der Waals surface area (Å²) in [5.41, 5.74) is 4.64. The fourth-order valence-electron chi connectivity index (χ4n) is 3.38. The van der Waals surface area contributed by atoms with Crippen LogP contribution in [0.25, 0.3) is 0 Å². The van der Waals surface area contributed by atoms with Crippen molar-refractivity contribution >= 4 is 11.7 Å². The Balaban J connectivity index is 1.69. The van der Waals surface area contributed by atoms with E-state index in [1.54, 1.807) is 31.4 Å². The topological polar surface area (TPSA) is 57.1 Å². The number of hydrogen-bond donors (Lipinski definition) is 0. The summed E-state index contributed by atoms with van der Waals surface area (Å²) in [5, 5.41) is 4.18. The van der Waals surface area contributed by atoms with Gasteiger partial charge in [0.05, 0.1) is 25.0 Å². The van der Waals surface area contributed by atoms with Crippen molar-refractivity contribution in [1.29, 1.82) is 0 Å². The minimum Gasteiger partial charge on any atom is -0.496 e. The van der Waals surface area contributed by atoms with E-state index in [0.717, 1.165) is 60.4 Å². The van der Waals surface area contributed by atoms with Gasteiger partial charge in [-0.05, 0) is 80.1 Å². The number of hydrogen-bond acceptors (Lipinski definition) is 5. The minimum atomic E-state index is -0.468. The molecular formula is C23H27NO4. The zero-order chi connectivity index (χ0) is 19.9. The molecule has 0 fully saturated rings. The van der Waals surface area contributed by atoms with Gasteiger partial charge in [0.2, 0.25) is 0 Å². The summed E-state index contributed by atoms with van der Waals surface area (Å²) in [6, 6.07) is 10.9. The molecule has 2 aromatic rings. The van der Waals surface area contributed by atoms with Crippen LogP contribution in [-0.2, 0) is 11.3 Å². The van der Waals surface area contributed by atoms with Gasteiger partial charge in [0.15, 0.2) is 0 Å². The number of oxime groups is 1. The quantitative estimate of drug-likeness (QED) is 0.381. The number of fused-ring (bicyclic) bond motifs is 1. The molecule has 1 aliphatic carbocycles. The van der Waals surface area contributed by atoms with Gasteiger partial charge in [-0.15, -0.1) is 0 Å². The lowest BCUT2D eigenvalue weighted by Crippen LogP contribution is -2.15. The number of benzene rings is 2. The molecule has 5 nitrogen and oxygen atoms in total. The lowest BCUT2D eigenvalue weighted by atomic mass is 9.87. The van der Waals surface area contributed by atoms with Gasteiger partial charge >= 0.3 is 5.97 Å². The maximum atomic E-state index is 12.3. The van der Waals surface area contributed by atoms with Gasteiger partial charge in [0.25, 0.3) is 0 Å². The first-order valence-electron chi connectivity index (χ1n) is 9.82. The van der Waals surface area contributed by atoms with Gasteiger partial charge < -0.3 is 14.3 Å². The molecule has 0 aliphatic heterocycles. The molecule has 1 aliphatic rings. The molecule has 28 heavy (non-hydrogen) atoms. The lowest BCUT2D eigenvalue weighted by Gasteiger charge is -2.20. The number of nitrogens with zero attached hydrogens (tertiary/aromatic N) is 1. The lowest BCUT2D eigenvalue weighted by molar-refractivity contribution is 0.0515. The third-order valence-corrected chi connectivity index (χ3v) is 5.02. The van der Waals surface area contributed by atoms with E-state index in [1.165, 1.54) is 5.56 Å². The van der Waals surface area contributed by atoms with Crippen LogP contribution < -0.4 is 9.47 Å². The van der Waals surface area contributed by atoms with E-state index >= 15 is 0 Å². The summed E-state index contributed by atoms with van der Waals surface area (Å²) in [6.07, 6.45) is 4.83. The smallest absolute Gasteiger partial charge is 0.365 e. The average Bonchev–Trinajstić information content (AvgIpc) is 2.73. The maximum Gasteiger partial charge on any atom is 0.365 e. The number of methoxy groups -OCH3 is 1. The molecule has 0 N–H and O–H groups in total. The van der Waals surface area contributed by atoms with E-state index in [9.17, 15) is 4.79 Å². The van der Waals surface area contributed by atoms with Crippen molar-refractivity contribution in [2.45, 2.75) is 46.0 Å². The van der Waals surface area contributed by atoms with Crippen LogP contribution in [0, 0.1) is 6.92 Å². The average molecular weight is 381 g/mol. The summed E-state index contributed by atoms with van der Waals surface area (Å²) in [6.45, 7) is 4.85. The molecule has 148 valence electrons. The summed E-state index contributed by atoms with van der Waals surface area (Å²) < 4.78 is 11.0. The molecule has 5 heteroatoms. The Morgan fingerprint density at radius 3 is 2.61 bits per heavy atom. The van der Waals surface area contributed by atoms with Crippen molar-refractivity contribution in [3.63, 3.8) is 0 Å². The van der Waals surface area contributed by atoms with E-state index in [1.807, 2.05) is 12.1 Å². The van der Waals surface area contributed by atoms with Crippen LogP contribution in [0.2, 0.25) is 0 Å². The van der Waals surface area contributed by atoms with E-state index in [2.05, 4.69) is 19.0 Å². The second-order valence-electron chi connectivity index (χ2n) is 6.92. The molecule has 3 rings (SSSR count). The van der Waals surface area contributed by atoms with Crippen LogP contribution in [0.1, 0.15) is 59.7 Å². The van der Waals surface area contributed by atoms with E-state index < -0.39 is 5.97 Å². The molecule has 0 bridgehead atoms. The number of rotatable bonds is 7. The van der Waals surface area contributed by atoms with Gasteiger partial charge in [-0.3, -0.25) is 0 Å². The highest BCUT2D eigenvalue weighted by atomic mass is 16.7. The molecule has 0 amide bonds. The Labute approximate surface area is 166 Å². The number of carbonyl (C=O) groups is 1. The summed E-state index contributed by atoms with van der Waals surface area (Å²) in [4.78, 5) is 17.6. The van der Waals surface area contributed by atoms with Crippen LogP contribution in [0.15, 0.2) is 41.6 Å². The van der Waals surface area contributed by atoms with Crippen molar-refractivity contribution in [2.24, 2.45) is 5.16 Å². The molecule has 0 aromatic heterocycles. The highest BCUT2D eigenvalue weighted by molar-refractivity contribution is 6.03. The van der Waals surface area contributed by atoms with E-state index in [0.29, 0.717) is 12.2 Å². The van der Waals surface area contributed by atoms with Gasteiger partial charge in [0.1, 0.15) is 11.5 Å². The largest absolute Gasteiger partial charge is 0.496 e. The van der Waals surface area contributed by atoms with Crippen molar-refractivity contribution in [1.82, 2.24) is 0 Å². The van der Waals surface area contributed by atoms with Crippen LogP contribution in [-0.4, -0.2) is 25.4 Å². The normalized spacial score (nSPS) is 14.5. The van der Waals surface area contributed by atoms with Crippen molar-refractivity contribution < 1.29 is 19.1 Å². The van der Waals surface area contributed by atoms with Gasteiger partial charge in [-0.25, -0.2) is 4.79 Å². The predicted molar refractivity (Wildman–Crippen MR) is 109 cm³/mol.